The Morgan fingerprint density at radius 3 is 2.50 bits per heavy atom. The van der Waals surface area contributed by atoms with Crippen molar-refractivity contribution in [3.63, 3.8) is 0 Å². The smallest absolute Gasteiger partial charge is 0.232 e. The summed E-state index contributed by atoms with van der Waals surface area (Å²) in [5, 5.41) is 0. The molecule has 1 fully saturated rings. The molecule has 112 valence electrons. The van der Waals surface area contributed by atoms with E-state index in [1.54, 1.807) is 0 Å². The van der Waals surface area contributed by atoms with Crippen LogP contribution in [0.1, 0.15) is 25.8 Å². The molecule has 1 aliphatic heterocycles. The molecule has 3 nitrogen and oxygen atoms in total. The minimum absolute atomic E-state index is 0. The van der Waals surface area contributed by atoms with Gasteiger partial charge in [0.1, 0.15) is 0 Å². The number of benzene rings is 1. The van der Waals surface area contributed by atoms with E-state index < -0.39 is 5.41 Å². The van der Waals surface area contributed by atoms with E-state index >= 15 is 0 Å². The highest BCUT2D eigenvalue weighted by Crippen LogP contribution is 2.29. The Kier molecular flexibility index (Phi) is 6.05. The number of hydrogen-bond acceptors (Lipinski definition) is 2. The van der Waals surface area contributed by atoms with Crippen molar-refractivity contribution in [1.29, 1.82) is 0 Å². The molecule has 1 unspecified atom stereocenters. The van der Waals surface area contributed by atoms with Gasteiger partial charge in [0.25, 0.3) is 0 Å². The van der Waals surface area contributed by atoms with Gasteiger partial charge in [0.2, 0.25) is 5.91 Å². The molecule has 20 heavy (non-hydrogen) atoms. The summed E-state index contributed by atoms with van der Waals surface area (Å²) >= 11 is 3.42. The Labute approximate surface area is 135 Å². The van der Waals surface area contributed by atoms with Crippen molar-refractivity contribution in [2.24, 2.45) is 11.7 Å². The van der Waals surface area contributed by atoms with Gasteiger partial charge in [0.05, 0.1) is 5.41 Å². The number of nitrogens with two attached hydrogens (primary N) is 1. The fraction of sp³-hybridized carbons (Fsp3) is 0.533. The largest absolute Gasteiger partial charge is 0.342 e. The molecular weight excluding hydrogens is 340 g/mol. The molecular formula is C15H22BrClN2O. The number of rotatable bonds is 3. The summed E-state index contributed by atoms with van der Waals surface area (Å²) in [6.45, 7) is 6.29. The highest BCUT2D eigenvalue weighted by molar-refractivity contribution is 9.10. The molecule has 1 amide bonds. The topological polar surface area (TPSA) is 46.3 Å². The van der Waals surface area contributed by atoms with Crippen LogP contribution in [-0.4, -0.2) is 30.4 Å². The molecule has 0 saturated carbocycles. The van der Waals surface area contributed by atoms with E-state index in [0.29, 0.717) is 12.5 Å². The predicted octanol–water partition coefficient (Wildman–Crippen LogP) is 2.96. The van der Waals surface area contributed by atoms with Crippen LogP contribution in [0.3, 0.4) is 0 Å². The monoisotopic (exact) mass is 360 g/mol. The predicted molar refractivity (Wildman–Crippen MR) is 88.2 cm³/mol. The maximum absolute atomic E-state index is 12.7. The number of likely N-dealkylation sites (tertiary alicyclic amines) is 1. The summed E-state index contributed by atoms with van der Waals surface area (Å²) in [6.07, 6.45) is 1.03. The second kappa shape index (κ2) is 6.92. The van der Waals surface area contributed by atoms with Crippen molar-refractivity contribution in [2.75, 3.05) is 19.6 Å². The quantitative estimate of drug-likeness (QED) is 0.899. The van der Waals surface area contributed by atoms with Crippen LogP contribution in [0.15, 0.2) is 28.7 Å². The lowest BCUT2D eigenvalue weighted by molar-refractivity contribution is -0.135. The van der Waals surface area contributed by atoms with Crippen molar-refractivity contribution >= 4 is 34.2 Å². The molecule has 2 rings (SSSR count). The average Bonchev–Trinajstić information content (AvgIpc) is 2.87. The van der Waals surface area contributed by atoms with Crippen LogP contribution in [0, 0.1) is 5.92 Å². The van der Waals surface area contributed by atoms with E-state index in [-0.39, 0.29) is 18.3 Å². The standard InChI is InChI=1S/C15H21BrN2O.ClH/c1-15(2,12-3-5-13(16)6-4-12)14(19)18-8-7-11(9-17)10-18;/h3-6,11H,7-10,17H2,1-2H3;1H. The maximum atomic E-state index is 12.7. The van der Waals surface area contributed by atoms with Gasteiger partial charge in [0, 0.05) is 17.6 Å². The van der Waals surface area contributed by atoms with Crippen molar-refractivity contribution in [3.05, 3.63) is 34.3 Å². The molecule has 1 aromatic rings. The van der Waals surface area contributed by atoms with E-state index in [1.165, 1.54) is 0 Å². The van der Waals surface area contributed by atoms with Crippen LogP contribution >= 0.6 is 28.3 Å². The molecule has 0 aromatic heterocycles. The van der Waals surface area contributed by atoms with Gasteiger partial charge >= 0.3 is 0 Å². The van der Waals surface area contributed by atoms with Gasteiger partial charge in [-0.2, -0.15) is 0 Å². The van der Waals surface area contributed by atoms with E-state index in [1.807, 2.05) is 43.0 Å². The fourth-order valence-electron chi connectivity index (χ4n) is 2.59. The SMILES string of the molecule is CC(C)(C(=O)N1CCC(CN)C1)c1ccc(Br)cc1.Cl. The van der Waals surface area contributed by atoms with Crippen molar-refractivity contribution < 1.29 is 4.79 Å². The summed E-state index contributed by atoms with van der Waals surface area (Å²) in [4.78, 5) is 14.6. The van der Waals surface area contributed by atoms with Crippen LogP contribution in [-0.2, 0) is 10.2 Å². The van der Waals surface area contributed by atoms with E-state index in [2.05, 4.69) is 15.9 Å². The number of carbonyl (C=O) groups is 1. The second-order valence-electron chi connectivity index (χ2n) is 5.77. The molecule has 0 spiro atoms. The first-order valence-electron chi connectivity index (χ1n) is 6.70. The van der Waals surface area contributed by atoms with Gasteiger partial charge < -0.3 is 10.6 Å². The highest BCUT2D eigenvalue weighted by Gasteiger charge is 2.36. The molecule has 1 heterocycles. The zero-order valence-electron chi connectivity index (χ0n) is 11.9. The third-order valence-corrected chi connectivity index (χ3v) is 4.54. The van der Waals surface area contributed by atoms with Crippen molar-refractivity contribution in [1.82, 2.24) is 4.90 Å². The van der Waals surface area contributed by atoms with Crippen LogP contribution in [0.2, 0.25) is 0 Å². The number of hydrogen-bond donors (Lipinski definition) is 1. The normalized spacial score (nSPS) is 18.8. The third-order valence-electron chi connectivity index (χ3n) is 4.01. The molecule has 2 N–H and O–H groups in total. The first kappa shape index (κ1) is 17.5. The second-order valence-corrected chi connectivity index (χ2v) is 6.69. The van der Waals surface area contributed by atoms with Gasteiger partial charge in [0.15, 0.2) is 0 Å². The van der Waals surface area contributed by atoms with Gasteiger partial charge in [-0.25, -0.2) is 0 Å². The van der Waals surface area contributed by atoms with Crippen molar-refractivity contribution in [2.45, 2.75) is 25.7 Å². The van der Waals surface area contributed by atoms with Crippen molar-refractivity contribution in [3.8, 4) is 0 Å². The van der Waals surface area contributed by atoms with Gasteiger partial charge in [-0.3, -0.25) is 4.79 Å². The van der Waals surface area contributed by atoms with E-state index in [9.17, 15) is 4.79 Å². The lowest BCUT2D eigenvalue weighted by atomic mass is 9.83. The van der Waals surface area contributed by atoms with Gasteiger partial charge in [-0.1, -0.05) is 28.1 Å². The minimum Gasteiger partial charge on any atom is -0.342 e. The molecule has 5 heteroatoms. The Balaban J connectivity index is 0.00000200. The van der Waals surface area contributed by atoms with E-state index in [0.717, 1.165) is 29.5 Å². The van der Waals surface area contributed by atoms with Gasteiger partial charge in [-0.15, -0.1) is 12.4 Å². The number of carbonyl (C=O) groups excluding carboxylic acids is 1. The molecule has 1 saturated heterocycles. The van der Waals surface area contributed by atoms with Crippen LogP contribution in [0.25, 0.3) is 0 Å². The number of amides is 1. The number of nitrogens with zero attached hydrogens (tertiary/aromatic N) is 1. The summed E-state index contributed by atoms with van der Waals surface area (Å²) in [5.41, 5.74) is 6.26. The van der Waals surface area contributed by atoms with E-state index in [4.69, 9.17) is 5.73 Å². The lowest BCUT2D eigenvalue weighted by Crippen LogP contribution is -2.42. The Bertz CT molecular complexity index is 461. The molecule has 0 bridgehead atoms. The molecule has 1 aromatic carbocycles. The molecule has 1 atom stereocenters. The lowest BCUT2D eigenvalue weighted by Gasteiger charge is -2.30. The first-order chi connectivity index (χ1) is 8.95. The minimum atomic E-state index is -0.482. The van der Waals surface area contributed by atoms with Gasteiger partial charge in [-0.05, 0) is 50.4 Å². The molecule has 0 aliphatic carbocycles. The Hall–Kier alpha value is -0.580. The molecule has 1 aliphatic rings. The Morgan fingerprint density at radius 2 is 2.00 bits per heavy atom. The highest BCUT2D eigenvalue weighted by atomic mass is 79.9. The number of halogens is 2. The average molecular weight is 362 g/mol. The zero-order chi connectivity index (χ0) is 14.0. The van der Waals surface area contributed by atoms with Crippen LogP contribution < -0.4 is 5.73 Å². The summed E-state index contributed by atoms with van der Waals surface area (Å²) in [6, 6.07) is 7.99. The van der Waals surface area contributed by atoms with Crippen LogP contribution in [0.5, 0.6) is 0 Å². The first-order valence-corrected chi connectivity index (χ1v) is 7.50. The Morgan fingerprint density at radius 1 is 1.40 bits per heavy atom. The zero-order valence-corrected chi connectivity index (χ0v) is 14.3. The maximum Gasteiger partial charge on any atom is 0.232 e. The summed E-state index contributed by atoms with van der Waals surface area (Å²) < 4.78 is 1.03. The summed E-state index contributed by atoms with van der Waals surface area (Å²) in [7, 11) is 0. The fourth-order valence-corrected chi connectivity index (χ4v) is 2.86. The molecule has 0 radical (unpaired) electrons. The summed E-state index contributed by atoms with van der Waals surface area (Å²) in [5.74, 6) is 0.662. The third kappa shape index (κ3) is 3.54. The van der Waals surface area contributed by atoms with Crippen LogP contribution in [0.4, 0.5) is 0 Å².